The second-order valence-electron chi connectivity index (χ2n) is 9.62. The van der Waals surface area contributed by atoms with Gasteiger partial charge in [-0.1, -0.05) is 12.2 Å². The normalized spacial score (nSPS) is 14.4. The third-order valence-electron chi connectivity index (χ3n) is 6.06. The molecule has 1 aliphatic heterocycles. The molecule has 2 aromatic rings. The van der Waals surface area contributed by atoms with Crippen LogP contribution in [-0.2, 0) is 4.79 Å². The number of likely N-dealkylation sites (N-methyl/N-ethyl adjacent to an activating group) is 1. The Morgan fingerprint density at radius 2 is 1.97 bits per heavy atom. The standard InChI is InChI=1S/C28H39N9O2/c1-7-9-25(34-37(19-38)20(3)4)32-26-24(27(39)29-10-8-2)18-30-28(33-26)31-22-15-21(5)16-23(17-22)36-13-11-35(6)12-14-36/h7-9,15-20H,2,10-14H2,1,3-6H3,(H,29,39)(H2,30,31,32,33,34)/b9-7-. The highest BCUT2D eigenvalue weighted by Gasteiger charge is 2.18. The van der Waals surface area contributed by atoms with Crippen LogP contribution in [-0.4, -0.2) is 83.8 Å². The maximum absolute atomic E-state index is 12.9. The Bertz CT molecular complexity index is 1220. The third-order valence-corrected chi connectivity index (χ3v) is 6.06. The van der Waals surface area contributed by atoms with Crippen molar-refractivity contribution in [3.8, 4) is 0 Å². The number of aryl methyl sites for hydroxylation is 1. The van der Waals surface area contributed by atoms with Crippen LogP contribution in [0.5, 0.6) is 0 Å². The zero-order chi connectivity index (χ0) is 28.4. The van der Waals surface area contributed by atoms with Crippen LogP contribution in [0.3, 0.4) is 0 Å². The van der Waals surface area contributed by atoms with Gasteiger partial charge in [-0.25, -0.2) is 9.99 Å². The summed E-state index contributed by atoms with van der Waals surface area (Å²) < 4.78 is 0. The summed E-state index contributed by atoms with van der Waals surface area (Å²) in [5.41, 5.74) is 3.31. The fraction of sp³-hybridized carbons (Fsp3) is 0.393. The van der Waals surface area contributed by atoms with Crippen LogP contribution in [0.1, 0.15) is 36.7 Å². The lowest BCUT2D eigenvalue weighted by Crippen LogP contribution is -2.44. The number of hydrogen-bond acceptors (Lipinski definition) is 8. The SMILES string of the molecule is C=CCNC(=O)c1cnc(Nc2cc(C)cc(N3CCN(C)CC3)c2)nc1NC(/C=C\C)=N/N(C=O)C(C)C. The molecule has 1 fully saturated rings. The number of rotatable bonds is 11. The Morgan fingerprint density at radius 3 is 2.62 bits per heavy atom. The molecule has 1 aliphatic rings. The van der Waals surface area contributed by atoms with E-state index in [2.05, 4.69) is 73.5 Å². The first kappa shape index (κ1) is 29.3. The van der Waals surface area contributed by atoms with E-state index in [1.165, 1.54) is 11.2 Å². The molecule has 11 nitrogen and oxygen atoms in total. The lowest BCUT2D eigenvalue weighted by atomic mass is 10.1. The minimum absolute atomic E-state index is 0.154. The van der Waals surface area contributed by atoms with Crippen LogP contribution in [0.4, 0.5) is 23.1 Å². The van der Waals surface area contributed by atoms with Crippen LogP contribution in [0, 0.1) is 6.92 Å². The van der Waals surface area contributed by atoms with E-state index in [4.69, 9.17) is 0 Å². The molecule has 1 aromatic heterocycles. The minimum Gasteiger partial charge on any atom is -0.369 e. The summed E-state index contributed by atoms with van der Waals surface area (Å²) in [5, 5.41) is 14.8. The Balaban J connectivity index is 1.95. The van der Waals surface area contributed by atoms with Crippen molar-refractivity contribution in [2.45, 2.75) is 33.7 Å². The molecule has 0 unspecified atom stereocenters. The van der Waals surface area contributed by atoms with Gasteiger partial charge in [-0.15, -0.1) is 6.58 Å². The number of piperazine rings is 1. The first-order valence-corrected chi connectivity index (χ1v) is 13.0. The van der Waals surface area contributed by atoms with Gasteiger partial charge in [0.25, 0.3) is 5.91 Å². The largest absolute Gasteiger partial charge is 0.369 e. The number of anilines is 4. The van der Waals surface area contributed by atoms with Crippen LogP contribution in [0.25, 0.3) is 0 Å². The quantitative estimate of drug-likeness (QED) is 0.132. The zero-order valence-corrected chi connectivity index (χ0v) is 23.4. The van der Waals surface area contributed by atoms with Gasteiger partial charge in [0.2, 0.25) is 12.4 Å². The number of allylic oxidation sites excluding steroid dienone is 1. The molecule has 0 aliphatic carbocycles. The molecule has 0 radical (unpaired) electrons. The van der Waals surface area contributed by atoms with Gasteiger partial charge in [0.1, 0.15) is 11.4 Å². The summed E-state index contributed by atoms with van der Waals surface area (Å²) in [4.78, 5) is 38.1. The second kappa shape index (κ2) is 14.1. The number of hydrogen-bond donors (Lipinski definition) is 3. The Hall–Kier alpha value is -4.25. The van der Waals surface area contributed by atoms with Gasteiger partial charge < -0.3 is 25.8 Å². The van der Waals surface area contributed by atoms with Gasteiger partial charge in [0, 0.05) is 56.3 Å². The molecule has 1 aromatic carbocycles. The van der Waals surface area contributed by atoms with E-state index in [9.17, 15) is 9.59 Å². The van der Waals surface area contributed by atoms with Gasteiger partial charge in [-0.2, -0.15) is 10.1 Å². The van der Waals surface area contributed by atoms with Crippen LogP contribution in [0.2, 0.25) is 0 Å². The van der Waals surface area contributed by atoms with E-state index >= 15 is 0 Å². The second-order valence-corrected chi connectivity index (χ2v) is 9.62. The summed E-state index contributed by atoms with van der Waals surface area (Å²) >= 11 is 0. The number of nitrogens with one attached hydrogen (secondary N) is 3. The Labute approximate surface area is 230 Å². The van der Waals surface area contributed by atoms with Gasteiger partial charge in [0.05, 0.1) is 0 Å². The van der Waals surface area contributed by atoms with E-state index in [0.717, 1.165) is 43.1 Å². The van der Waals surface area contributed by atoms with Crippen molar-refractivity contribution in [2.24, 2.45) is 5.10 Å². The molecular formula is C28H39N9O2. The number of aromatic nitrogens is 2. The summed E-state index contributed by atoms with van der Waals surface area (Å²) in [6.45, 7) is 15.5. The molecule has 0 saturated carbocycles. The average molecular weight is 534 g/mol. The van der Waals surface area contributed by atoms with Gasteiger partial charge in [-0.05, 0) is 64.6 Å². The van der Waals surface area contributed by atoms with Crippen molar-refractivity contribution >= 4 is 41.3 Å². The lowest BCUT2D eigenvalue weighted by molar-refractivity contribution is -0.119. The Kier molecular flexibility index (Phi) is 10.6. The molecule has 1 saturated heterocycles. The van der Waals surface area contributed by atoms with Crippen molar-refractivity contribution in [3.63, 3.8) is 0 Å². The van der Waals surface area contributed by atoms with E-state index in [0.29, 0.717) is 24.7 Å². The van der Waals surface area contributed by atoms with Gasteiger partial charge >= 0.3 is 0 Å². The molecule has 2 heterocycles. The zero-order valence-electron chi connectivity index (χ0n) is 23.4. The molecule has 0 bridgehead atoms. The lowest BCUT2D eigenvalue weighted by Gasteiger charge is -2.34. The predicted molar refractivity (Wildman–Crippen MR) is 158 cm³/mol. The molecule has 208 valence electrons. The van der Waals surface area contributed by atoms with Crippen molar-refractivity contribution in [1.82, 2.24) is 25.2 Å². The maximum Gasteiger partial charge on any atom is 0.256 e. The van der Waals surface area contributed by atoms with Crippen LogP contribution in [0.15, 0.2) is 54.3 Å². The predicted octanol–water partition coefficient (Wildman–Crippen LogP) is 3.36. The number of carbonyl (C=O) groups is 2. The minimum atomic E-state index is -0.368. The number of carbonyl (C=O) groups excluding carboxylic acids is 2. The van der Waals surface area contributed by atoms with Crippen molar-refractivity contribution in [2.75, 3.05) is 55.3 Å². The fourth-order valence-electron chi connectivity index (χ4n) is 3.94. The molecule has 39 heavy (non-hydrogen) atoms. The van der Waals surface area contributed by atoms with Gasteiger partial charge in [0.15, 0.2) is 5.84 Å². The number of hydrazone groups is 1. The molecule has 0 spiro atoms. The summed E-state index contributed by atoms with van der Waals surface area (Å²) in [6, 6.07) is 6.12. The van der Waals surface area contributed by atoms with Crippen molar-refractivity contribution in [1.29, 1.82) is 0 Å². The summed E-state index contributed by atoms with van der Waals surface area (Å²) in [5.74, 6) is 0.525. The molecular weight excluding hydrogens is 494 g/mol. The van der Waals surface area contributed by atoms with E-state index in [1.54, 1.807) is 18.2 Å². The van der Waals surface area contributed by atoms with Gasteiger partial charge in [-0.3, -0.25) is 9.59 Å². The third kappa shape index (κ3) is 8.37. The maximum atomic E-state index is 12.9. The highest BCUT2D eigenvalue weighted by atomic mass is 16.2. The fourth-order valence-corrected chi connectivity index (χ4v) is 3.94. The molecule has 11 heteroatoms. The van der Waals surface area contributed by atoms with Crippen molar-refractivity contribution < 1.29 is 9.59 Å². The Morgan fingerprint density at radius 1 is 1.23 bits per heavy atom. The monoisotopic (exact) mass is 533 g/mol. The van der Waals surface area contributed by atoms with E-state index in [-0.39, 0.29) is 23.3 Å². The first-order valence-electron chi connectivity index (χ1n) is 13.0. The molecule has 0 atom stereocenters. The molecule has 2 amide bonds. The van der Waals surface area contributed by atoms with Crippen LogP contribution < -0.4 is 20.9 Å². The number of amidine groups is 1. The number of nitrogens with zero attached hydrogens (tertiary/aromatic N) is 6. The van der Waals surface area contributed by atoms with E-state index < -0.39 is 0 Å². The smallest absolute Gasteiger partial charge is 0.256 e. The number of benzene rings is 1. The van der Waals surface area contributed by atoms with E-state index in [1.807, 2.05) is 26.8 Å². The highest BCUT2D eigenvalue weighted by molar-refractivity contribution is 6.08. The highest BCUT2D eigenvalue weighted by Crippen LogP contribution is 2.26. The average Bonchev–Trinajstić information content (AvgIpc) is 2.90. The van der Waals surface area contributed by atoms with Crippen molar-refractivity contribution in [3.05, 3.63) is 60.3 Å². The summed E-state index contributed by atoms with van der Waals surface area (Å²) in [6.07, 6.45) is 7.17. The van der Waals surface area contributed by atoms with Crippen LogP contribution >= 0.6 is 0 Å². The first-order chi connectivity index (χ1) is 18.7. The molecule has 3 N–H and O–H groups in total. The molecule has 3 rings (SSSR count). The number of amides is 2. The topological polar surface area (TPSA) is 118 Å². The summed E-state index contributed by atoms with van der Waals surface area (Å²) in [7, 11) is 2.14.